The van der Waals surface area contributed by atoms with Gasteiger partial charge in [-0.3, -0.25) is 4.99 Å². The van der Waals surface area contributed by atoms with Gasteiger partial charge < -0.3 is 20.5 Å². The Balaban J connectivity index is 0.00000392. The molecular weight excluding hydrogens is 506 g/mol. The molecule has 1 aliphatic rings. The van der Waals surface area contributed by atoms with E-state index in [9.17, 15) is 18.3 Å². The van der Waals surface area contributed by atoms with Crippen molar-refractivity contribution in [1.82, 2.24) is 10.6 Å². The molecule has 0 bridgehead atoms. The molecule has 1 aromatic carbocycles. The molecule has 1 heterocycles. The molecule has 2 atom stereocenters. The quantitative estimate of drug-likeness (QED) is 0.285. The summed E-state index contributed by atoms with van der Waals surface area (Å²) < 4.78 is 42.9. The molecule has 0 saturated carbocycles. The zero-order valence-corrected chi connectivity index (χ0v) is 18.8. The summed E-state index contributed by atoms with van der Waals surface area (Å²) in [6, 6.07) is 4.75. The van der Waals surface area contributed by atoms with Crippen molar-refractivity contribution in [2.75, 3.05) is 31.2 Å². The Morgan fingerprint density at radius 3 is 2.64 bits per heavy atom. The van der Waals surface area contributed by atoms with Crippen LogP contribution in [0.5, 0.6) is 5.75 Å². The minimum Gasteiger partial charge on any atom is -0.491 e. The maximum Gasteiger partial charge on any atom is 0.416 e. The average Bonchev–Trinajstić information content (AvgIpc) is 2.65. The van der Waals surface area contributed by atoms with Crippen molar-refractivity contribution in [2.24, 2.45) is 4.99 Å². The highest BCUT2D eigenvalue weighted by atomic mass is 127. The Morgan fingerprint density at radius 1 is 1.36 bits per heavy atom. The standard InChI is InChI=1S/C18H26F3N3O2S.HI/c1-2-22-17(24-14-4-3-9-27-12-14)23-10-15(25)11-26-16-7-5-13(6-8-16)18(19,20)21;/h5-8,14-15,25H,2-4,9-12H2,1H3,(H2,22,23,24);1H. The molecule has 0 aliphatic carbocycles. The molecule has 2 rings (SSSR count). The second-order valence-electron chi connectivity index (χ2n) is 6.26. The van der Waals surface area contributed by atoms with Gasteiger partial charge in [0.15, 0.2) is 5.96 Å². The van der Waals surface area contributed by atoms with Crippen LogP contribution in [-0.4, -0.2) is 54.4 Å². The van der Waals surface area contributed by atoms with Gasteiger partial charge in [-0.15, -0.1) is 24.0 Å². The summed E-state index contributed by atoms with van der Waals surface area (Å²) in [6.07, 6.45) is -2.97. The molecule has 2 unspecified atom stereocenters. The summed E-state index contributed by atoms with van der Waals surface area (Å²) in [5.74, 6) is 3.14. The summed E-state index contributed by atoms with van der Waals surface area (Å²) in [7, 11) is 0. The van der Waals surface area contributed by atoms with Crippen molar-refractivity contribution in [1.29, 1.82) is 0 Å². The SMILES string of the molecule is CCNC(=NCC(O)COc1ccc(C(F)(F)F)cc1)NC1CCCSC1.I. The lowest BCUT2D eigenvalue weighted by molar-refractivity contribution is -0.137. The lowest BCUT2D eigenvalue weighted by Gasteiger charge is -2.24. The number of rotatable bonds is 7. The van der Waals surface area contributed by atoms with Crippen molar-refractivity contribution >= 4 is 41.7 Å². The van der Waals surface area contributed by atoms with Gasteiger partial charge in [0, 0.05) is 18.3 Å². The molecule has 0 amide bonds. The van der Waals surface area contributed by atoms with Gasteiger partial charge in [0.25, 0.3) is 0 Å². The van der Waals surface area contributed by atoms with Gasteiger partial charge in [0.05, 0.1) is 12.1 Å². The monoisotopic (exact) mass is 533 g/mol. The summed E-state index contributed by atoms with van der Waals surface area (Å²) in [6.45, 7) is 2.77. The van der Waals surface area contributed by atoms with E-state index in [0.29, 0.717) is 18.5 Å². The van der Waals surface area contributed by atoms with Gasteiger partial charge in [-0.05, 0) is 49.8 Å². The lowest BCUT2D eigenvalue weighted by atomic mass is 10.2. The molecule has 1 fully saturated rings. The normalized spacial score (nSPS) is 18.8. The smallest absolute Gasteiger partial charge is 0.416 e. The summed E-state index contributed by atoms with van der Waals surface area (Å²) in [4.78, 5) is 4.37. The molecule has 1 aromatic rings. The molecule has 160 valence electrons. The Kier molecular flexibility index (Phi) is 11.4. The second kappa shape index (κ2) is 12.6. The van der Waals surface area contributed by atoms with Gasteiger partial charge in [-0.1, -0.05) is 0 Å². The highest BCUT2D eigenvalue weighted by Crippen LogP contribution is 2.30. The number of nitrogens with zero attached hydrogens (tertiary/aromatic N) is 1. The minimum atomic E-state index is -4.38. The molecule has 5 nitrogen and oxygen atoms in total. The first-order valence-electron chi connectivity index (χ1n) is 8.99. The van der Waals surface area contributed by atoms with Crippen LogP contribution in [0.15, 0.2) is 29.3 Å². The Morgan fingerprint density at radius 2 is 2.07 bits per heavy atom. The number of ether oxygens (including phenoxy) is 1. The van der Waals surface area contributed by atoms with Gasteiger partial charge in [0.1, 0.15) is 18.5 Å². The number of thioether (sulfide) groups is 1. The molecule has 10 heteroatoms. The zero-order chi connectivity index (χ0) is 19.7. The predicted molar refractivity (Wildman–Crippen MR) is 118 cm³/mol. The first-order chi connectivity index (χ1) is 12.9. The minimum absolute atomic E-state index is 0. The van der Waals surface area contributed by atoms with Crippen LogP contribution >= 0.6 is 35.7 Å². The van der Waals surface area contributed by atoms with E-state index in [2.05, 4.69) is 15.6 Å². The third kappa shape index (κ3) is 9.08. The van der Waals surface area contributed by atoms with Gasteiger partial charge in [0.2, 0.25) is 0 Å². The number of alkyl halides is 3. The van der Waals surface area contributed by atoms with Crippen molar-refractivity contribution < 1.29 is 23.0 Å². The van der Waals surface area contributed by atoms with Crippen LogP contribution in [0.2, 0.25) is 0 Å². The van der Waals surface area contributed by atoms with E-state index >= 15 is 0 Å². The highest BCUT2D eigenvalue weighted by Gasteiger charge is 2.30. The average molecular weight is 533 g/mol. The maximum atomic E-state index is 12.5. The first-order valence-corrected chi connectivity index (χ1v) is 10.1. The Labute approximate surface area is 184 Å². The molecule has 0 aromatic heterocycles. The van der Waals surface area contributed by atoms with Crippen LogP contribution in [0, 0.1) is 0 Å². The molecule has 28 heavy (non-hydrogen) atoms. The Bertz CT molecular complexity index is 597. The zero-order valence-electron chi connectivity index (χ0n) is 15.7. The fourth-order valence-electron chi connectivity index (χ4n) is 2.55. The number of nitrogens with one attached hydrogen (secondary N) is 2. The Hall–Kier alpha value is -0.880. The number of aliphatic imine (C=N–C) groups is 1. The van der Waals surface area contributed by atoms with Gasteiger partial charge in [-0.2, -0.15) is 24.9 Å². The van der Waals surface area contributed by atoms with E-state index in [0.717, 1.165) is 24.3 Å². The van der Waals surface area contributed by atoms with Crippen molar-refractivity contribution in [2.45, 2.75) is 38.1 Å². The molecular formula is C18H27F3IN3O2S. The van der Waals surface area contributed by atoms with Crippen molar-refractivity contribution in [3.05, 3.63) is 29.8 Å². The predicted octanol–water partition coefficient (Wildman–Crippen LogP) is 3.51. The van der Waals surface area contributed by atoms with Crippen LogP contribution in [-0.2, 0) is 6.18 Å². The van der Waals surface area contributed by atoms with E-state index in [1.165, 1.54) is 24.3 Å². The van der Waals surface area contributed by atoms with E-state index in [1.807, 2.05) is 18.7 Å². The number of aliphatic hydroxyl groups excluding tert-OH is 1. The van der Waals surface area contributed by atoms with Crippen LogP contribution in [0.3, 0.4) is 0 Å². The van der Waals surface area contributed by atoms with E-state index < -0.39 is 17.8 Å². The molecule has 1 saturated heterocycles. The molecule has 1 aliphatic heterocycles. The van der Waals surface area contributed by atoms with Crippen molar-refractivity contribution in [3.8, 4) is 5.75 Å². The maximum absolute atomic E-state index is 12.5. The van der Waals surface area contributed by atoms with E-state index in [4.69, 9.17) is 4.74 Å². The summed E-state index contributed by atoms with van der Waals surface area (Å²) in [5, 5.41) is 16.6. The van der Waals surface area contributed by atoms with Crippen molar-refractivity contribution in [3.63, 3.8) is 0 Å². The fourth-order valence-corrected chi connectivity index (χ4v) is 3.62. The van der Waals surface area contributed by atoms with Gasteiger partial charge in [-0.25, -0.2) is 0 Å². The summed E-state index contributed by atoms with van der Waals surface area (Å²) in [5.41, 5.74) is -0.734. The lowest BCUT2D eigenvalue weighted by Crippen LogP contribution is -2.46. The second-order valence-corrected chi connectivity index (χ2v) is 7.41. The van der Waals surface area contributed by atoms with E-state index in [1.54, 1.807) is 0 Å². The van der Waals surface area contributed by atoms with Crippen LogP contribution < -0.4 is 15.4 Å². The number of aliphatic hydroxyl groups is 1. The molecule has 0 radical (unpaired) electrons. The number of hydrogen-bond acceptors (Lipinski definition) is 4. The number of halogens is 4. The summed E-state index contributed by atoms with van der Waals surface area (Å²) >= 11 is 1.91. The highest BCUT2D eigenvalue weighted by molar-refractivity contribution is 14.0. The number of hydrogen-bond donors (Lipinski definition) is 3. The van der Waals surface area contributed by atoms with Crippen LogP contribution in [0.4, 0.5) is 13.2 Å². The molecule has 0 spiro atoms. The fraction of sp³-hybridized carbons (Fsp3) is 0.611. The van der Waals surface area contributed by atoms with Crippen LogP contribution in [0.25, 0.3) is 0 Å². The third-order valence-electron chi connectivity index (χ3n) is 3.93. The largest absolute Gasteiger partial charge is 0.491 e. The first kappa shape index (κ1) is 25.2. The van der Waals surface area contributed by atoms with Crippen LogP contribution in [0.1, 0.15) is 25.3 Å². The third-order valence-corrected chi connectivity index (χ3v) is 5.14. The number of benzene rings is 1. The van der Waals surface area contributed by atoms with Gasteiger partial charge >= 0.3 is 6.18 Å². The van der Waals surface area contributed by atoms with E-state index in [-0.39, 0.29) is 42.9 Å². The molecule has 3 N–H and O–H groups in total. The number of guanidine groups is 1. The topological polar surface area (TPSA) is 65.9 Å².